The smallest absolute Gasteiger partial charge is 0.408 e. The summed E-state index contributed by atoms with van der Waals surface area (Å²) >= 11 is 0. The molecular formula is C21H25N3O6. The monoisotopic (exact) mass is 415 g/mol. The van der Waals surface area contributed by atoms with Gasteiger partial charge in [-0.3, -0.25) is 19.7 Å². The van der Waals surface area contributed by atoms with E-state index in [1.165, 1.54) is 6.92 Å². The molecule has 160 valence electrons. The molecule has 0 aromatic heterocycles. The first-order valence-corrected chi connectivity index (χ1v) is 10.3. The van der Waals surface area contributed by atoms with Crippen LogP contribution in [0.2, 0.25) is 0 Å². The molecule has 4 atom stereocenters. The molecular weight excluding hydrogens is 390 g/mol. The summed E-state index contributed by atoms with van der Waals surface area (Å²) in [5.74, 6) is -1.40. The Labute approximate surface area is 174 Å². The minimum Gasteiger partial charge on any atom is -0.458 e. The Kier molecular flexibility index (Phi) is 5.23. The van der Waals surface area contributed by atoms with Crippen LogP contribution in [0.15, 0.2) is 24.3 Å². The highest BCUT2D eigenvalue weighted by molar-refractivity contribution is 6.21. The van der Waals surface area contributed by atoms with Gasteiger partial charge in [-0.05, 0) is 18.6 Å². The minimum absolute atomic E-state index is 0.0726. The number of unbranched alkanes of at least 4 members (excludes halogenated alkanes) is 2. The van der Waals surface area contributed by atoms with E-state index in [1.54, 1.807) is 29.3 Å². The van der Waals surface area contributed by atoms with E-state index in [-0.39, 0.29) is 19.1 Å². The van der Waals surface area contributed by atoms with Crippen molar-refractivity contribution in [3.8, 4) is 0 Å². The number of hydrazine groups is 1. The van der Waals surface area contributed by atoms with Gasteiger partial charge in [-0.2, -0.15) is 10.0 Å². The predicted molar refractivity (Wildman–Crippen MR) is 104 cm³/mol. The maximum absolute atomic E-state index is 13.1. The number of amides is 3. The van der Waals surface area contributed by atoms with Crippen molar-refractivity contribution in [1.82, 2.24) is 15.3 Å². The number of ether oxygens (including phenoxy) is 2. The second-order valence-electron chi connectivity index (χ2n) is 7.80. The van der Waals surface area contributed by atoms with Crippen LogP contribution in [0.4, 0.5) is 4.79 Å². The van der Waals surface area contributed by atoms with Crippen LogP contribution < -0.4 is 5.32 Å². The third-order valence-electron chi connectivity index (χ3n) is 5.90. The molecule has 30 heavy (non-hydrogen) atoms. The number of fused-ring (bicyclic) bond motifs is 1. The van der Waals surface area contributed by atoms with Crippen LogP contribution in [-0.4, -0.2) is 58.3 Å². The molecule has 2 fully saturated rings. The zero-order valence-corrected chi connectivity index (χ0v) is 17.1. The first kappa shape index (κ1) is 20.3. The zero-order chi connectivity index (χ0) is 21.5. The van der Waals surface area contributed by atoms with Crippen molar-refractivity contribution >= 4 is 23.9 Å². The van der Waals surface area contributed by atoms with E-state index in [9.17, 15) is 19.2 Å². The fraction of sp³-hybridized carbons (Fsp3) is 0.524. The van der Waals surface area contributed by atoms with Crippen LogP contribution in [0.1, 0.15) is 66.7 Å². The maximum atomic E-state index is 13.1. The van der Waals surface area contributed by atoms with Crippen molar-refractivity contribution in [2.75, 3.05) is 6.61 Å². The largest absolute Gasteiger partial charge is 0.458 e. The number of imide groups is 1. The topological polar surface area (TPSA) is 105 Å². The Morgan fingerprint density at radius 2 is 1.87 bits per heavy atom. The number of nitrogens with zero attached hydrogens (tertiary/aromatic N) is 2. The Morgan fingerprint density at radius 1 is 1.20 bits per heavy atom. The first-order valence-electron chi connectivity index (χ1n) is 10.3. The van der Waals surface area contributed by atoms with Crippen molar-refractivity contribution in [3.05, 3.63) is 35.4 Å². The number of esters is 1. The zero-order valence-electron chi connectivity index (χ0n) is 17.1. The summed E-state index contributed by atoms with van der Waals surface area (Å²) < 4.78 is 10.7. The molecule has 3 heterocycles. The SMILES string of the molecule is CCCCC[C@H]1N(N2C(=O)c3ccccc3C2=O)[C@]12NC(=O)OCC[C@H]2OC(C)=O. The van der Waals surface area contributed by atoms with Crippen molar-refractivity contribution < 1.29 is 28.7 Å². The van der Waals surface area contributed by atoms with Gasteiger partial charge in [-0.25, -0.2) is 4.79 Å². The quantitative estimate of drug-likeness (QED) is 0.329. The molecule has 9 nitrogen and oxygen atoms in total. The standard InChI is InChI=1S/C21H25N3O6/c1-3-4-5-10-16-21(17(30-13(2)25)11-12-29-20(28)22-21)24(16)23-18(26)14-8-6-7-9-15(14)19(23)27/h6-9,16-17H,3-5,10-12H2,1-2H3,(H,22,28)/t16-,17-,21-,24?/m1/s1. The van der Waals surface area contributed by atoms with E-state index in [1.807, 2.05) is 0 Å². The fourth-order valence-electron chi connectivity index (χ4n) is 4.57. The molecule has 3 aliphatic heterocycles. The van der Waals surface area contributed by atoms with Crippen molar-refractivity contribution in [2.45, 2.75) is 63.8 Å². The molecule has 1 aromatic carbocycles. The van der Waals surface area contributed by atoms with Gasteiger partial charge in [0.1, 0.15) is 6.10 Å². The van der Waals surface area contributed by atoms with Gasteiger partial charge in [-0.15, -0.1) is 0 Å². The summed E-state index contributed by atoms with van der Waals surface area (Å²) in [6, 6.07) is 6.24. The molecule has 1 spiro atoms. The first-order chi connectivity index (χ1) is 14.4. The number of hydrogen-bond acceptors (Lipinski definition) is 7. The van der Waals surface area contributed by atoms with Gasteiger partial charge in [0.15, 0.2) is 5.66 Å². The van der Waals surface area contributed by atoms with E-state index < -0.39 is 35.6 Å². The van der Waals surface area contributed by atoms with Crippen LogP contribution in [0, 0.1) is 0 Å². The number of nitrogens with one attached hydrogen (secondary N) is 1. The van der Waals surface area contributed by atoms with Crippen molar-refractivity contribution in [2.24, 2.45) is 0 Å². The molecule has 2 saturated heterocycles. The van der Waals surface area contributed by atoms with E-state index in [4.69, 9.17) is 9.47 Å². The number of carbonyl (C=O) groups is 4. The summed E-state index contributed by atoms with van der Waals surface area (Å²) in [5, 5.41) is 5.46. The predicted octanol–water partition coefficient (Wildman–Crippen LogP) is 2.22. The molecule has 0 aliphatic carbocycles. The van der Waals surface area contributed by atoms with Gasteiger partial charge in [0.05, 0.1) is 23.8 Å². The summed E-state index contributed by atoms with van der Waals surface area (Å²) in [4.78, 5) is 50.3. The second-order valence-corrected chi connectivity index (χ2v) is 7.80. The molecule has 0 radical (unpaired) electrons. The van der Waals surface area contributed by atoms with Crippen LogP contribution >= 0.6 is 0 Å². The van der Waals surface area contributed by atoms with Gasteiger partial charge >= 0.3 is 12.1 Å². The number of rotatable bonds is 6. The highest BCUT2D eigenvalue weighted by Gasteiger charge is 2.74. The third-order valence-corrected chi connectivity index (χ3v) is 5.90. The Morgan fingerprint density at radius 3 is 2.47 bits per heavy atom. The molecule has 3 aliphatic rings. The molecule has 0 bridgehead atoms. The average molecular weight is 415 g/mol. The summed E-state index contributed by atoms with van der Waals surface area (Å²) in [7, 11) is 0. The van der Waals surface area contributed by atoms with Gasteiger partial charge < -0.3 is 9.47 Å². The molecule has 1 N–H and O–H groups in total. The number of hydrogen-bond donors (Lipinski definition) is 1. The normalized spacial score (nSPS) is 29.9. The van der Waals surface area contributed by atoms with Crippen molar-refractivity contribution in [3.63, 3.8) is 0 Å². The number of cyclic esters (lactones) is 1. The molecule has 9 heteroatoms. The molecule has 4 rings (SSSR count). The highest BCUT2D eigenvalue weighted by atomic mass is 16.6. The van der Waals surface area contributed by atoms with Crippen LogP contribution in [0.3, 0.4) is 0 Å². The van der Waals surface area contributed by atoms with Crippen LogP contribution in [0.5, 0.6) is 0 Å². The lowest BCUT2D eigenvalue weighted by atomic mass is 10.0. The van der Waals surface area contributed by atoms with E-state index in [0.717, 1.165) is 24.3 Å². The Hall–Kier alpha value is -2.94. The molecule has 3 amide bonds. The number of alkyl carbamates (subject to hydrolysis) is 1. The van der Waals surface area contributed by atoms with Crippen LogP contribution in [0.25, 0.3) is 0 Å². The molecule has 1 unspecified atom stereocenters. The van der Waals surface area contributed by atoms with Gasteiger partial charge in [0.2, 0.25) is 0 Å². The Balaban J connectivity index is 1.72. The maximum Gasteiger partial charge on any atom is 0.408 e. The van der Waals surface area contributed by atoms with E-state index in [0.29, 0.717) is 17.5 Å². The lowest BCUT2D eigenvalue weighted by molar-refractivity contribution is -0.150. The summed E-state index contributed by atoms with van der Waals surface area (Å²) in [5.41, 5.74) is -0.561. The van der Waals surface area contributed by atoms with Gasteiger partial charge in [0.25, 0.3) is 11.8 Å². The van der Waals surface area contributed by atoms with Gasteiger partial charge in [0, 0.05) is 13.3 Å². The average Bonchev–Trinajstić information content (AvgIpc) is 3.29. The van der Waals surface area contributed by atoms with E-state index in [2.05, 4.69) is 12.2 Å². The lowest BCUT2D eigenvalue weighted by Crippen LogP contribution is -2.54. The number of carbonyl (C=O) groups excluding carboxylic acids is 4. The second kappa shape index (κ2) is 7.71. The highest BCUT2D eigenvalue weighted by Crippen LogP contribution is 2.50. The summed E-state index contributed by atoms with van der Waals surface area (Å²) in [6.07, 6.45) is 2.27. The summed E-state index contributed by atoms with van der Waals surface area (Å²) in [6.45, 7) is 3.44. The van der Waals surface area contributed by atoms with Crippen LogP contribution in [-0.2, 0) is 14.3 Å². The lowest BCUT2D eigenvalue weighted by Gasteiger charge is -2.27. The third kappa shape index (κ3) is 3.13. The van der Waals surface area contributed by atoms with Gasteiger partial charge in [-0.1, -0.05) is 38.3 Å². The fourth-order valence-corrected chi connectivity index (χ4v) is 4.57. The minimum atomic E-state index is -1.19. The molecule has 1 aromatic rings. The Bertz CT molecular complexity index is 867. The molecule has 0 saturated carbocycles. The number of benzene rings is 1. The van der Waals surface area contributed by atoms with Crippen molar-refractivity contribution in [1.29, 1.82) is 0 Å². The van der Waals surface area contributed by atoms with E-state index >= 15 is 0 Å².